The van der Waals surface area contributed by atoms with E-state index in [1.807, 2.05) is 0 Å². The fraction of sp³-hybridized carbons (Fsp3) is 0.484. The Morgan fingerprint density at radius 3 is 2.41 bits per heavy atom. The molecule has 0 unspecified atom stereocenters. The number of rotatable bonds is 12. The van der Waals surface area contributed by atoms with Gasteiger partial charge >= 0.3 is 0 Å². The van der Waals surface area contributed by atoms with Crippen molar-refractivity contribution in [1.29, 1.82) is 0 Å². The number of benzene rings is 2. The topological polar surface area (TPSA) is 116 Å². The maximum absolute atomic E-state index is 11.9. The van der Waals surface area contributed by atoms with E-state index in [-0.39, 0.29) is 18.1 Å². The van der Waals surface area contributed by atoms with Crippen molar-refractivity contribution in [3.8, 4) is 17.6 Å². The molecule has 10 heteroatoms. The van der Waals surface area contributed by atoms with Gasteiger partial charge in [0.25, 0.3) is 0 Å². The first-order valence-electron chi connectivity index (χ1n) is 14.2. The Morgan fingerprint density at radius 1 is 1.05 bits per heavy atom. The summed E-state index contributed by atoms with van der Waals surface area (Å²) in [7, 11) is -1.81. The highest BCUT2D eigenvalue weighted by Crippen LogP contribution is 2.31. The van der Waals surface area contributed by atoms with Crippen LogP contribution in [0.2, 0.25) is 0 Å². The van der Waals surface area contributed by atoms with E-state index in [1.165, 1.54) is 19.4 Å². The number of aliphatic hydroxyl groups is 2. The molecule has 1 saturated carbocycles. The van der Waals surface area contributed by atoms with Gasteiger partial charge in [0.05, 0.1) is 48.7 Å². The first kappa shape index (κ1) is 30.7. The standard InChI is InChI=1S/C31H42N4O5S/c1-4-35-25(7-6-16-32-29-15-14-26(41(3,38)39)22-31(29)40-2)21-27-28(8-5-9-30(27)35)33-23-10-12-24(13-11-23)34(17-19-36)18-20-37/h5,8-9,14-15,21-24,32-33,36-37H,4,10-13,16-20H2,1-3H3. The zero-order chi connectivity index (χ0) is 29.4. The molecule has 1 heterocycles. The Balaban J connectivity index is 1.45. The minimum Gasteiger partial charge on any atom is -0.495 e. The number of anilines is 2. The summed E-state index contributed by atoms with van der Waals surface area (Å²) in [6, 6.07) is 14.0. The Labute approximate surface area is 243 Å². The van der Waals surface area contributed by atoms with Gasteiger partial charge in [-0.2, -0.15) is 0 Å². The number of nitrogens with zero attached hydrogens (tertiary/aromatic N) is 2. The zero-order valence-electron chi connectivity index (χ0n) is 24.2. The molecule has 1 aromatic heterocycles. The average molecular weight is 583 g/mol. The van der Waals surface area contributed by atoms with Crippen molar-refractivity contribution in [3.63, 3.8) is 0 Å². The smallest absolute Gasteiger partial charge is 0.175 e. The first-order valence-corrected chi connectivity index (χ1v) is 16.1. The van der Waals surface area contributed by atoms with Gasteiger partial charge in [-0.25, -0.2) is 8.42 Å². The van der Waals surface area contributed by atoms with E-state index in [1.54, 1.807) is 12.1 Å². The van der Waals surface area contributed by atoms with Crippen LogP contribution in [-0.4, -0.2) is 86.4 Å². The molecule has 0 saturated heterocycles. The van der Waals surface area contributed by atoms with Crippen LogP contribution < -0.4 is 15.4 Å². The van der Waals surface area contributed by atoms with Crippen LogP contribution in [0.25, 0.3) is 10.9 Å². The third kappa shape index (κ3) is 7.54. The molecule has 9 nitrogen and oxygen atoms in total. The van der Waals surface area contributed by atoms with E-state index in [2.05, 4.69) is 63.1 Å². The number of aryl methyl sites for hydroxylation is 1. The molecule has 0 aliphatic heterocycles. The zero-order valence-corrected chi connectivity index (χ0v) is 25.0. The van der Waals surface area contributed by atoms with Gasteiger partial charge < -0.3 is 30.2 Å². The average Bonchev–Trinajstić information content (AvgIpc) is 3.33. The summed E-state index contributed by atoms with van der Waals surface area (Å²) in [5.41, 5.74) is 3.86. The van der Waals surface area contributed by atoms with Crippen molar-refractivity contribution in [2.24, 2.45) is 0 Å². The van der Waals surface area contributed by atoms with Gasteiger partial charge in [0.2, 0.25) is 0 Å². The minimum absolute atomic E-state index is 0.114. The number of methoxy groups -OCH3 is 1. The molecule has 0 spiro atoms. The number of hydrogen-bond donors (Lipinski definition) is 4. The predicted molar refractivity (Wildman–Crippen MR) is 164 cm³/mol. The Kier molecular flexibility index (Phi) is 10.6. The third-order valence-electron chi connectivity index (χ3n) is 7.79. The maximum Gasteiger partial charge on any atom is 0.175 e. The fourth-order valence-corrected chi connectivity index (χ4v) is 6.35. The highest BCUT2D eigenvalue weighted by atomic mass is 32.2. The summed E-state index contributed by atoms with van der Waals surface area (Å²) in [6.07, 6.45) is 5.32. The first-order chi connectivity index (χ1) is 19.8. The molecule has 4 N–H and O–H groups in total. The Morgan fingerprint density at radius 2 is 1.78 bits per heavy atom. The summed E-state index contributed by atoms with van der Waals surface area (Å²) in [6.45, 7) is 4.72. The summed E-state index contributed by atoms with van der Waals surface area (Å²) < 4.78 is 31.3. The molecule has 0 atom stereocenters. The molecule has 41 heavy (non-hydrogen) atoms. The van der Waals surface area contributed by atoms with Crippen LogP contribution in [-0.2, 0) is 16.4 Å². The van der Waals surface area contributed by atoms with Crippen LogP contribution in [0, 0.1) is 11.8 Å². The van der Waals surface area contributed by atoms with Crippen molar-refractivity contribution in [1.82, 2.24) is 9.47 Å². The quantitative estimate of drug-likeness (QED) is 0.240. The molecule has 0 amide bonds. The van der Waals surface area contributed by atoms with E-state index in [4.69, 9.17) is 4.74 Å². The minimum atomic E-state index is -3.32. The van der Waals surface area contributed by atoms with Gasteiger partial charge in [0.1, 0.15) is 5.75 Å². The van der Waals surface area contributed by atoms with Crippen molar-refractivity contribution >= 4 is 32.1 Å². The van der Waals surface area contributed by atoms with E-state index < -0.39 is 9.84 Å². The Hall–Kier alpha value is -3.23. The summed E-state index contributed by atoms with van der Waals surface area (Å²) >= 11 is 0. The number of nitrogens with one attached hydrogen (secondary N) is 2. The molecule has 2 aromatic carbocycles. The second-order valence-corrected chi connectivity index (χ2v) is 12.5. The van der Waals surface area contributed by atoms with E-state index in [0.29, 0.717) is 43.2 Å². The molecular weight excluding hydrogens is 540 g/mol. The molecular formula is C31H42N4O5S. The van der Waals surface area contributed by atoms with Crippen LogP contribution in [0.1, 0.15) is 38.3 Å². The number of sulfone groups is 1. The molecule has 222 valence electrons. The van der Waals surface area contributed by atoms with Crippen LogP contribution >= 0.6 is 0 Å². The summed E-state index contributed by atoms with van der Waals surface area (Å²) in [5.74, 6) is 6.97. The Bertz CT molecular complexity index is 1480. The second kappa shape index (κ2) is 14.1. The molecule has 4 rings (SSSR count). The van der Waals surface area contributed by atoms with Crippen molar-refractivity contribution in [2.45, 2.75) is 56.1 Å². The van der Waals surface area contributed by atoms with Crippen LogP contribution in [0.3, 0.4) is 0 Å². The fourth-order valence-electron chi connectivity index (χ4n) is 5.72. The normalized spacial score (nSPS) is 17.3. The van der Waals surface area contributed by atoms with Gasteiger partial charge in [0, 0.05) is 55.1 Å². The molecule has 3 aromatic rings. The van der Waals surface area contributed by atoms with Gasteiger partial charge in [-0.05, 0) is 68.9 Å². The van der Waals surface area contributed by atoms with E-state index in [0.717, 1.165) is 54.5 Å². The summed E-state index contributed by atoms with van der Waals surface area (Å²) in [4.78, 5) is 2.42. The predicted octanol–water partition coefficient (Wildman–Crippen LogP) is 3.55. The third-order valence-corrected chi connectivity index (χ3v) is 8.90. The number of fused-ring (bicyclic) bond motifs is 1. The van der Waals surface area contributed by atoms with Gasteiger partial charge in [-0.3, -0.25) is 4.90 Å². The lowest BCUT2D eigenvalue weighted by molar-refractivity contribution is 0.0992. The van der Waals surface area contributed by atoms with Crippen molar-refractivity contribution in [3.05, 3.63) is 48.2 Å². The van der Waals surface area contributed by atoms with E-state index in [9.17, 15) is 18.6 Å². The van der Waals surface area contributed by atoms with Crippen LogP contribution in [0.5, 0.6) is 5.75 Å². The summed E-state index contributed by atoms with van der Waals surface area (Å²) in [5, 5.41) is 26.9. The van der Waals surface area contributed by atoms with Crippen LogP contribution in [0.15, 0.2) is 47.4 Å². The molecule has 0 bridgehead atoms. The lowest BCUT2D eigenvalue weighted by atomic mass is 9.89. The SMILES string of the molecule is CCn1c(C#CCNc2ccc(S(C)(=O)=O)cc2OC)cc2c(NC3CCC(N(CCO)CCO)CC3)cccc21. The van der Waals surface area contributed by atoms with Gasteiger partial charge in [-0.15, -0.1) is 0 Å². The van der Waals surface area contributed by atoms with Crippen molar-refractivity contribution in [2.75, 3.05) is 56.8 Å². The molecule has 0 radical (unpaired) electrons. The number of ether oxygens (including phenoxy) is 1. The van der Waals surface area contributed by atoms with Gasteiger partial charge in [0.15, 0.2) is 9.84 Å². The van der Waals surface area contributed by atoms with Gasteiger partial charge in [-0.1, -0.05) is 12.0 Å². The molecule has 1 aliphatic carbocycles. The highest BCUT2D eigenvalue weighted by molar-refractivity contribution is 7.90. The monoisotopic (exact) mass is 582 g/mol. The molecule has 1 fully saturated rings. The number of hydrogen-bond acceptors (Lipinski definition) is 8. The maximum atomic E-state index is 11.9. The second-order valence-electron chi connectivity index (χ2n) is 10.4. The number of aliphatic hydroxyl groups excluding tert-OH is 2. The number of aromatic nitrogens is 1. The molecule has 1 aliphatic rings. The van der Waals surface area contributed by atoms with Crippen LogP contribution in [0.4, 0.5) is 11.4 Å². The highest BCUT2D eigenvalue weighted by Gasteiger charge is 2.26. The largest absolute Gasteiger partial charge is 0.495 e. The van der Waals surface area contributed by atoms with E-state index >= 15 is 0 Å². The lowest BCUT2D eigenvalue weighted by Crippen LogP contribution is -2.43. The van der Waals surface area contributed by atoms with Crippen molar-refractivity contribution < 1.29 is 23.4 Å². The lowest BCUT2D eigenvalue weighted by Gasteiger charge is -2.37.